The van der Waals surface area contributed by atoms with E-state index < -0.39 is 17.6 Å². The summed E-state index contributed by atoms with van der Waals surface area (Å²) in [6, 6.07) is 3.73. The van der Waals surface area contributed by atoms with Gasteiger partial charge in [0, 0.05) is 10.9 Å². The molecule has 27 heavy (non-hydrogen) atoms. The largest absolute Gasteiger partial charge is 0.479 e. The Balaban J connectivity index is 1.49. The van der Waals surface area contributed by atoms with Gasteiger partial charge in [0.2, 0.25) is 5.91 Å². The number of rotatable bonds is 5. The molecule has 146 valence electrons. The van der Waals surface area contributed by atoms with Crippen molar-refractivity contribution in [1.29, 1.82) is 0 Å². The van der Waals surface area contributed by atoms with Gasteiger partial charge in [-0.1, -0.05) is 17.7 Å². The number of hydrogen-bond acceptors (Lipinski definition) is 3. The van der Waals surface area contributed by atoms with Crippen LogP contribution in [0, 0.1) is 17.3 Å². The number of carboxylic acids is 1. The molecule has 4 aliphatic rings. The average molecular weight is 457 g/mol. The highest BCUT2D eigenvalue weighted by Gasteiger charge is 2.57. The minimum atomic E-state index is -1.14. The van der Waals surface area contributed by atoms with Crippen molar-refractivity contribution in [3.63, 3.8) is 0 Å². The van der Waals surface area contributed by atoms with Gasteiger partial charge in [-0.25, -0.2) is 4.79 Å². The van der Waals surface area contributed by atoms with Crippen LogP contribution in [0.4, 0.5) is 0 Å². The zero-order chi connectivity index (χ0) is 19.4. The number of benzene rings is 1. The van der Waals surface area contributed by atoms with E-state index in [1.54, 1.807) is 18.2 Å². The molecule has 3 atom stereocenters. The third-order valence-corrected chi connectivity index (χ3v) is 7.75. The summed E-state index contributed by atoms with van der Waals surface area (Å²) in [5.41, 5.74) is -0.382. The van der Waals surface area contributed by atoms with Gasteiger partial charge in [0.25, 0.3) is 0 Å². The molecule has 3 N–H and O–H groups in total. The molecule has 4 saturated carbocycles. The molecular weight excluding hydrogens is 434 g/mol. The van der Waals surface area contributed by atoms with Crippen LogP contribution in [0.3, 0.4) is 0 Å². The molecule has 0 spiro atoms. The van der Waals surface area contributed by atoms with Crippen LogP contribution in [-0.4, -0.2) is 27.7 Å². The molecule has 5 nitrogen and oxygen atoms in total. The van der Waals surface area contributed by atoms with Crippen molar-refractivity contribution < 1.29 is 19.8 Å². The van der Waals surface area contributed by atoms with Gasteiger partial charge in [-0.2, -0.15) is 0 Å². The van der Waals surface area contributed by atoms with Gasteiger partial charge in [0.05, 0.1) is 10.6 Å². The molecule has 0 aliphatic heterocycles. The second-order valence-electron chi connectivity index (χ2n) is 8.87. The molecule has 0 saturated heterocycles. The number of halogens is 2. The number of carbonyl (C=O) groups is 2. The highest BCUT2D eigenvalue weighted by atomic mass is 79.9. The van der Waals surface area contributed by atoms with E-state index in [-0.39, 0.29) is 17.7 Å². The SMILES string of the molecule is O=C(CC12CC3CC(CC(O)(C3)C1)C2)NC(C(=O)O)c1ccc(Br)c(Cl)c1. The maximum Gasteiger partial charge on any atom is 0.330 e. The van der Waals surface area contributed by atoms with Gasteiger partial charge in [0.1, 0.15) is 0 Å². The van der Waals surface area contributed by atoms with E-state index in [9.17, 15) is 19.8 Å². The third-order valence-electron chi connectivity index (χ3n) is 6.52. The first kappa shape index (κ1) is 19.2. The first-order valence-corrected chi connectivity index (χ1v) is 10.5. The fraction of sp³-hybridized carbons (Fsp3) is 0.600. The molecule has 0 radical (unpaired) electrons. The van der Waals surface area contributed by atoms with Gasteiger partial charge in [0.15, 0.2) is 6.04 Å². The normalized spacial score (nSPS) is 35.1. The van der Waals surface area contributed by atoms with Crippen molar-refractivity contribution in [2.24, 2.45) is 17.3 Å². The highest BCUT2D eigenvalue weighted by molar-refractivity contribution is 9.10. The lowest BCUT2D eigenvalue weighted by molar-refractivity contribution is -0.169. The van der Waals surface area contributed by atoms with E-state index in [2.05, 4.69) is 21.2 Å². The number of aliphatic carboxylic acids is 1. The fourth-order valence-corrected chi connectivity index (χ4v) is 6.58. The number of carboxylic acid groups (broad SMARTS) is 1. The average Bonchev–Trinajstić information content (AvgIpc) is 2.52. The summed E-state index contributed by atoms with van der Waals surface area (Å²) in [5, 5.41) is 23.5. The van der Waals surface area contributed by atoms with E-state index in [0.717, 1.165) is 32.1 Å². The number of carbonyl (C=O) groups excluding carboxylic acids is 1. The van der Waals surface area contributed by atoms with Crippen LogP contribution < -0.4 is 5.32 Å². The third kappa shape index (κ3) is 3.76. The maximum atomic E-state index is 12.8. The Morgan fingerprint density at radius 2 is 1.93 bits per heavy atom. The van der Waals surface area contributed by atoms with Crippen molar-refractivity contribution in [2.75, 3.05) is 0 Å². The van der Waals surface area contributed by atoms with Crippen molar-refractivity contribution in [2.45, 2.75) is 56.6 Å². The summed E-state index contributed by atoms with van der Waals surface area (Å²) in [6.07, 6.45) is 5.70. The van der Waals surface area contributed by atoms with Crippen LogP contribution in [0.25, 0.3) is 0 Å². The van der Waals surface area contributed by atoms with Gasteiger partial charge in [-0.15, -0.1) is 0 Å². The van der Waals surface area contributed by atoms with Crippen LogP contribution in [0.5, 0.6) is 0 Å². The summed E-state index contributed by atoms with van der Waals surface area (Å²) in [4.78, 5) is 24.5. The Labute approximate surface area is 171 Å². The molecule has 3 unspecified atom stereocenters. The van der Waals surface area contributed by atoms with E-state index >= 15 is 0 Å². The Kier molecular flexibility index (Phi) is 4.80. The van der Waals surface area contributed by atoms with Gasteiger partial charge >= 0.3 is 5.97 Å². The Morgan fingerprint density at radius 1 is 1.26 bits per heavy atom. The number of aliphatic hydroxyl groups is 1. The lowest BCUT2D eigenvalue weighted by Gasteiger charge is -2.60. The van der Waals surface area contributed by atoms with Crippen molar-refractivity contribution in [3.05, 3.63) is 33.3 Å². The molecule has 4 aliphatic carbocycles. The first-order valence-electron chi connectivity index (χ1n) is 9.37. The minimum Gasteiger partial charge on any atom is -0.479 e. The van der Waals surface area contributed by atoms with Crippen LogP contribution in [-0.2, 0) is 9.59 Å². The Bertz CT molecular complexity index is 784. The molecule has 0 heterocycles. The van der Waals surface area contributed by atoms with Crippen LogP contribution in [0.2, 0.25) is 5.02 Å². The highest BCUT2D eigenvalue weighted by Crippen LogP contribution is 2.62. The fourth-order valence-electron chi connectivity index (χ4n) is 6.14. The topological polar surface area (TPSA) is 86.6 Å². The minimum absolute atomic E-state index is 0.191. The molecule has 5 rings (SSSR count). The summed E-state index contributed by atoms with van der Waals surface area (Å²) >= 11 is 9.36. The second kappa shape index (κ2) is 6.75. The van der Waals surface area contributed by atoms with E-state index in [0.29, 0.717) is 33.3 Å². The standard InChI is InChI=1S/C20H23BrClNO4/c21-14-2-1-13(4-15(14)22)17(18(25)26)23-16(24)9-19-5-11-3-12(6-19)8-20(27,7-11)10-19/h1-2,4,11-12,17,27H,3,5-10H2,(H,23,24)(H,25,26). The van der Waals surface area contributed by atoms with Gasteiger partial charge in [-0.3, -0.25) is 4.79 Å². The lowest BCUT2D eigenvalue weighted by Crippen LogP contribution is -2.56. The number of hydrogen-bond donors (Lipinski definition) is 3. The summed E-state index contributed by atoms with van der Waals surface area (Å²) < 4.78 is 0.671. The summed E-state index contributed by atoms with van der Waals surface area (Å²) in [6.45, 7) is 0. The van der Waals surface area contributed by atoms with Gasteiger partial charge in [-0.05, 0) is 89.4 Å². The molecule has 1 aromatic rings. The van der Waals surface area contributed by atoms with Gasteiger partial charge < -0.3 is 15.5 Å². The molecule has 4 fully saturated rings. The summed E-state index contributed by atoms with van der Waals surface area (Å²) in [7, 11) is 0. The monoisotopic (exact) mass is 455 g/mol. The zero-order valence-electron chi connectivity index (χ0n) is 14.9. The smallest absolute Gasteiger partial charge is 0.330 e. The van der Waals surface area contributed by atoms with Crippen molar-refractivity contribution >= 4 is 39.4 Å². The van der Waals surface area contributed by atoms with E-state index in [1.165, 1.54) is 0 Å². The van der Waals surface area contributed by atoms with Crippen LogP contribution >= 0.6 is 27.5 Å². The number of amides is 1. The molecule has 1 amide bonds. The van der Waals surface area contributed by atoms with Crippen molar-refractivity contribution in [1.82, 2.24) is 5.32 Å². The quantitative estimate of drug-likeness (QED) is 0.623. The number of nitrogens with one attached hydrogen (secondary N) is 1. The lowest BCUT2D eigenvalue weighted by atomic mass is 9.47. The zero-order valence-corrected chi connectivity index (χ0v) is 17.2. The summed E-state index contributed by atoms with van der Waals surface area (Å²) in [5.74, 6) is -0.410. The molecule has 4 bridgehead atoms. The predicted molar refractivity (Wildman–Crippen MR) is 104 cm³/mol. The van der Waals surface area contributed by atoms with E-state index in [1.807, 2.05) is 0 Å². The molecule has 7 heteroatoms. The maximum absolute atomic E-state index is 12.8. The Hall–Kier alpha value is -1.11. The Morgan fingerprint density at radius 3 is 2.48 bits per heavy atom. The van der Waals surface area contributed by atoms with Crippen molar-refractivity contribution in [3.8, 4) is 0 Å². The predicted octanol–water partition coefficient (Wildman–Crippen LogP) is 4.07. The van der Waals surface area contributed by atoms with E-state index in [4.69, 9.17) is 11.6 Å². The van der Waals surface area contributed by atoms with Crippen LogP contribution in [0.15, 0.2) is 22.7 Å². The molecule has 0 aromatic heterocycles. The first-order chi connectivity index (χ1) is 12.7. The second-order valence-corrected chi connectivity index (χ2v) is 10.1. The molecular formula is C20H23BrClNO4. The molecule has 1 aromatic carbocycles. The van der Waals surface area contributed by atoms with Crippen LogP contribution in [0.1, 0.15) is 56.6 Å².